The zero-order chi connectivity index (χ0) is 8.81. The second-order valence-corrected chi connectivity index (χ2v) is 2.13. The van der Waals surface area contributed by atoms with E-state index < -0.39 is 0 Å². The summed E-state index contributed by atoms with van der Waals surface area (Å²) in [5.74, 6) is 0. The van der Waals surface area contributed by atoms with Gasteiger partial charge in [-0.05, 0) is 5.53 Å². The predicted octanol–water partition coefficient (Wildman–Crippen LogP) is 3.05. The Labute approximate surface area is 69.9 Å². The largest absolute Gasteiger partial charge is 0.312 e. The van der Waals surface area contributed by atoms with Crippen LogP contribution in [0.25, 0.3) is 15.3 Å². The lowest BCUT2D eigenvalue weighted by atomic mass is 10.2. The van der Waals surface area contributed by atoms with Crippen LogP contribution in [0.15, 0.2) is 29.4 Å². The standard InChI is InChI=1S/C8H6N4/c1-10-6-7-4-2-3-5-8(7)11-12-9/h2-5H,6H2. The van der Waals surface area contributed by atoms with Crippen molar-refractivity contribution in [2.24, 2.45) is 5.11 Å². The third-order valence-corrected chi connectivity index (χ3v) is 1.39. The molecule has 0 aliphatic rings. The summed E-state index contributed by atoms with van der Waals surface area (Å²) < 4.78 is 0. The van der Waals surface area contributed by atoms with Crippen LogP contribution in [0.5, 0.6) is 0 Å². The number of rotatable bonds is 2. The Morgan fingerprint density at radius 2 is 2.17 bits per heavy atom. The molecule has 12 heavy (non-hydrogen) atoms. The molecule has 0 spiro atoms. The molecule has 0 saturated heterocycles. The van der Waals surface area contributed by atoms with Crippen LogP contribution in [0.3, 0.4) is 0 Å². The Balaban J connectivity index is 3.09. The zero-order valence-electron chi connectivity index (χ0n) is 6.31. The second kappa shape index (κ2) is 4.02. The number of hydrogen-bond acceptors (Lipinski definition) is 1. The maximum absolute atomic E-state index is 8.19. The van der Waals surface area contributed by atoms with E-state index in [1.54, 1.807) is 18.2 Å². The van der Waals surface area contributed by atoms with E-state index in [-0.39, 0.29) is 6.54 Å². The molecule has 0 N–H and O–H groups in total. The van der Waals surface area contributed by atoms with E-state index in [2.05, 4.69) is 14.9 Å². The fourth-order valence-corrected chi connectivity index (χ4v) is 0.875. The van der Waals surface area contributed by atoms with Crippen molar-refractivity contribution in [3.63, 3.8) is 0 Å². The summed E-state index contributed by atoms with van der Waals surface area (Å²) in [6, 6.07) is 7.07. The molecule has 0 saturated carbocycles. The summed E-state index contributed by atoms with van der Waals surface area (Å²) >= 11 is 0. The van der Waals surface area contributed by atoms with Gasteiger partial charge in [0.25, 0.3) is 0 Å². The van der Waals surface area contributed by atoms with Gasteiger partial charge >= 0.3 is 0 Å². The molecule has 0 amide bonds. The van der Waals surface area contributed by atoms with Crippen molar-refractivity contribution < 1.29 is 0 Å². The third kappa shape index (κ3) is 1.75. The molecule has 0 aliphatic heterocycles. The maximum atomic E-state index is 8.19. The topological polar surface area (TPSA) is 53.1 Å². The van der Waals surface area contributed by atoms with Gasteiger partial charge in [-0.25, -0.2) is 6.57 Å². The van der Waals surface area contributed by atoms with E-state index >= 15 is 0 Å². The first kappa shape index (κ1) is 8.12. The summed E-state index contributed by atoms with van der Waals surface area (Å²) in [5.41, 5.74) is 9.50. The highest BCUT2D eigenvalue weighted by Gasteiger charge is 1.99. The van der Waals surface area contributed by atoms with Crippen molar-refractivity contribution in [3.05, 3.63) is 51.7 Å². The van der Waals surface area contributed by atoms with E-state index in [1.807, 2.05) is 6.07 Å². The molecule has 0 fully saturated rings. The average Bonchev–Trinajstić information content (AvgIpc) is 2.09. The lowest BCUT2D eigenvalue weighted by molar-refractivity contribution is 1.24. The highest BCUT2D eigenvalue weighted by molar-refractivity contribution is 5.45. The first-order chi connectivity index (χ1) is 5.88. The van der Waals surface area contributed by atoms with Crippen molar-refractivity contribution in [1.29, 1.82) is 0 Å². The van der Waals surface area contributed by atoms with Gasteiger partial charge in [0.15, 0.2) is 0 Å². The van der Waals surface area contributed by atoms with E-state index in [9.17, 15) is 0 Å². The molecule has 0 unspecified atom stereocenters. The smallest absolute Gasteiger partial charge is 0.240 e. The molecule has 0 atom stereocenters. The molecular formula is C8H6N4. The minimum absolute atomic E-state index is 0.259. The van der Waals surface area contributed by atoms with Crippen molar-refractivity contribution in [1.82, 2.24) is 0 Å². The van der Waals surface area contributed by atoms with Crippen molar-refractivity contribution in [2.45, 2.75) is 6.54 Å². The van der Waals surface area contributed by atoms with Crippen LogP contribution < -0.4 is 0 Å². The molecule has 0 radical (unpaired) electrons. The molecule has 4 nitrogen and oxygen atoms in total. The Hall–Kier alpha value is -1.98. The van der Waals surface area contributed by atoms with Crippen LogP contribution in [0, 0.1) is 6.57 Å². The van der Waals surface area contributed by atoms with E-state index in [4.69, 9.17) is 12.1 Å². The van der Waals surface area contributed by atoms with Crippen molar-refractivity contribution in [3.8, 4) is 0 Å². The first-order valence-electron chi connectivity index (χ1n) is 3.34. The van der Waals surface area contributed by atoms with E-state index in [0.717, 1.165) is 5.56 Å². The molecule has 1 rings (SSSR count). The van der Waals surface area contributed by atoms with Gasteiger partial charge < -0.3 is 4.85 Å². The van der Waals surface area contributed by atoms with Crippen LogP contribution in [-0.2, 0) is 6.54 Å². The van der Waals surface area contributed by atoms with Gasteiger partial charge in [-0.15, -0.1) is 0 Å². The fourth-order valence-electron chi connectivity index (χ4n) is 0.875. The minimum atomic E-state index is 0.259. The third-order valence-electron chi connectivity index (χ3n) is 1.39. The molecule has 4 heteroatoms. The summed E-state index contributed by atoms with van der Waals surface area (Å²) in [6.45, 7) is 6.92. The lowest BCUT2D eigenvalue weighted by Gasteiger charge is -1.95. The quantitative estimate of drug-likeness (QED) is 0.275. The second-order valence-electron chi connectivity index (χ2n) is 2.13. The van der Waals surface area contributed by atoms with Gasteiger partial charge in [-0.3, -0.25) is 0 Å². The highest BCUT2D eigenvalue weighted by atomic mass is 15.1. The van der Waals surface area contributed by atoms with Crippen molar-refractivity contribution >= 4 is 5.69 Å². The molecule has 1 aromatic carbocycles. The van der Waals surface area contributed by atoms with Gasteiger partial charge in [0, 0.05) is 16.2 Å². The van der Waals surface area contributed by atoms with Crippen LogP contribution >= 0.6 is 0 Å². The summed E-state index contributed by atoms with van der Waals surface area (Å²) in [4.78, 5) is 5.89. The molecule has 0 heterocycles. The maximum Gasteiger partial charge on any atom is 0.240 e. The molecule has 0 aromatic heterocycles. The number of azide groups is 1. The Morgan fingerprint density at radius 3 is 2.83 bits per heavy atom. The van der Waals surface area contributed by atoms with Gasteiger partial charge in [-0.1, -0.05) is 29.4 Å². The van der Waals surface area contributed by atoms with Gasteiger partial charge in [-0.2, -0.15) is 0 Å². The van der Waals surface area contributed by atoms with Crippen LogP contribution in [0.2, 0.25) is 0 Å². The van der Waals surface area contributed by atoms with Crippen LogP contribution in [0.4, 0.5) is 5.69 Å². The normalized spacial score (nSPS) is 8.25. The molecule has 0 aliphatic carbocycles. The number of benzene rings is 1. The monoisotopic (exact) mass is 158 g/mol. The van der Waals surface area contributed by atoms with Crippen molar-refractivity contribution in [2.75, 3.05) is 0 Å². The van der Waals surface area contributed by atoms with E-state index in [1.165, 1.54) is 0 Å². The van der Waals surface area contributed by atoms with E-state index in [0.29, 0.717) is 5.69 Å². The number of hydrogen-bond donors (Lipinski definition) is 0. The SMILES string of the molecule is [C-]#[N+]Cc1ccccc1N=[N+]=[N-]. The Bertz CT molecular complexity index is 358. The number of nitrogens with zero attached hydrogens (tertiary/aromatic N) is 4. The zero-order valence-corrected chi connectivity index (χ0v) is 6.31. The molecule has 1 aromatic rings. The first-order valence-corrected chi connectivity index (χ1v) is 3.34. The van der Waals surface area contributed by atoms with Crippen LogP contribution in [-0.4, -0.2) is 0 Å². The van der Waals surface area contributed by atoms with Gasteiger partial charge in [0.2, 0.25) is 6.54 Å². The van der Waals surface area contributed by atoms with Crippen LogP contribution in [0.1, 0.15) is 5.56 Å². The Kier molecular flexibility index (Phi) is 2.72. The summed E-state index contributed by atoms with van der Waals surface area (Å²) in [7, 11) is 0. The molecular weight excluding hydrogens is 152 g/mol. The van der Waals surface area contributed by atoms with Gasteiger partial charge in [0.05, 0.1) is 0 Å². The van der Waals surface area contributed by atoms with Gasteiger partial charge in [0.1, 0.15) is 0 Å². The minimum Gasteiger partial charge on any atom is -0.312 e. The molecule has 0 bridgehead atoms. The Morgan fingerprint density at radius 1 is 1.42 bits per heavy atom. The summed E-state index contributed by atoms with van der Waals surface area (Å²) in [6.07, 6.45) is 0. The summed E-state index contributed by atoms with van der Waals surface area (Å²) in [5, 5.41) is 3.46. The predicted molar refractivity (Wildman–Crippen MR) is 45.6 cm³/mol. The highest BCUT2D eigenvalue weighted by Crippen LogP contribution is 2.19. The average molecular weight is 158 g/mol. The molecule has 58 valence electrons. The fraction of sp³-hybridized carbons (Fsp3) is 0.125. The lowest BCUT2D eigenvalue weighted by Crippen LogP contribution is -1.78.